The van der Waals surface area contributed by atoms with Crippen LogP contribution in [0.5, 0.6) is 0 Å². The summed E-state index contributed by atoms with van der Waals surface area (Å²) in [4.78, 5) is 28.1. The Bertz CT molecular complexity index is 482. The third kappa shape index (κ3) is 4.04. The number of amides is 2. The van der Waals surface area contributed by atoms with Gasteiger partial charge in [-0.25, -0.2) is 0 Å². The van der Waals surface area contributed by atoms with E-state index in [0.29, 0.717) is 19.6 Å². The molecule has 1 fully saturated rings. The lowest BCUT2D eigenvalue weighted by atomic mass is 10.2. The predicted molar refractivity (Wildman–Crippen MR) is 81.6 cm³/mol. The van der Waals surface area contributed by atoms with Crippen LogP contribution in [0.4, 0.5) is 0 Å². The van der Waals surface area contributed by atoms with Crippen molar-refractivity contribution in [3.8, 4) is 0 Å². The molecule has 1 aromatic carbocycles. The zero-order valence-corrected chi connectivity index (χ0v) is 12.7. The van der Waals surface area contributed by atoms with Gasteiger partial charge in [0.1, 0.15) is 0 Å². The quantitative estimate of drug-likeness (QED) is 0.840. The van der Waals surface area contributed by atoms with Crippen LogP contribution in [0.1, 0.15) is 19.4 Å². The molecule has 1 aromatic rings. The molecule has 5 nitrogen and oxygen atoms in total. The molecule has 0 saturated carbocycles. The monoisotopic (exact) mass is 289 g/mol. The first-order chi connectivity index (χ1) is 10.1. The Morgan fingerprint density at radius 1 is 1.19 bits per heavy atom. The van der Waals surface area contributed by atoms with Crippen molar-refractivity contribution in [1.29, 1.82) is 0 Å². The SMILES string of the molecule is CC(C)N(Cc1ccccc1)C(=O)C(=O)N1CCNCC1. The zero-order valence-electron chi connectivity index (χ0n) is 12.7. The molecule has 114 valence electrons. The van der Waals surface area contributed by atoms with Crippen molar-refractivity contribution in [3.05, 3.63) is 35.9 Å². The minimum Gasteiger partial charge on any atom is -0.332 e. The molecule has 0 spiro atoms. The van der Waals surface area contributed by atoms with Gasteiger partial charge in [-0.3, -0.25) is 9.59 Å². The average Bonchev–Trinajstić information content (AvgIpc) is 2.53. The molecular formula is C16H23N3O2. The van der Waals surface area contributed by atoms with Crippen LogP contribution in [0.2, 0.25) is 0 Å². The van der Waals surface area contributed by atoms with Gasteiger partial charge < -0.3 is 15.1 Å². The summed E-state index contributed by atoms with van der Waals surface area (Å²) in [6.45, 7) is 7.04. The van der Waals surface area contributed by atoms with Crippen molar-refractivity contribution >= 4 is 11.8 Å². The van der Waals surface area contributed by atoms with Crippen LogP contribution in [0.15, 0.2) is 30.3 Å². The maximum atomic E-state index is 12.5. The van der Waals surface area contributed by atoms with Crippen LogP contribution in [-0.2, 0) is 16.1 Å². The molecule has 0 radical (unpaired) electrons. The lowest BCUT2D eigenvalue weighted by Crippen LogP contribution is -2.53. The van der Waals surface area contributed by atoms with Crippen molar-refractivity contribution < 1.29 is 9.59 Å². The van der Waals surface area contributed by atoms with Crippen molar-refractivity contribution in [1.82, 2.24) is 15.1 Å². The van der Waals surface area contributed by atoms with Crippen LogP contribution in [-0.4, -0.2) is 53.8 Å². The molecule has 1 aliphatic heterocycles. The van der Waals surface area contributed by atoms with Gasteiger partial charge in [0, 0.05) is 38.8 Å². The van der Waals surface area contributed by atoms with Crippen molar-refractivity contribution in [3.63, 3.8) is 0 Å². The average molecular weight is 289 g/mol. The summed E-state index contributed by atoms with van der Waals surface area (Å²) < 4.78 is 0. The van der Waals surface area contributed by atoms with E-state index in [1.807, 2.05) is 44.2 Å². The first-order valence-corrected chi connectivity index (χ1v) is 7.44. The van der Waals surface area contributed by atoms with E-state index in [-0.39, 0.29) is 11.9 Å². The van der Waals surface area contributed by atoms with Gasteiger partial charge in [0.15, 0.2) is 0 Å². The lowest BCUT2D eigenvalue weighted by molar-refractivity contribution is -0.153. The van der Waals surface area contributed by atoms with Gasteiger partial charge in [0.2, 0.25) is 0 Å². The fraction of sp³-hybridized carbons (Fsp3) is 0.500. The highest BCUT2D eigenvalue weighted by Gasteiger charge is 2.29. The molecule has 0 atom stereocenters. The highest BCUT2D eigenvalue weighted by Crippen LogP contribution is 2.10. The van der Waals surface area contributed by atoms with E-state index in [1.54, 1.807) is 9.80 Å². The van der Waals surface area contributed by atoms with Crippen molar-refractivity contribution in [2.45, 2.75) is 26.4 Å². The largest absolute Gasteiger partial charge is 0.332 e. The van der Waals surface area contributed by atoms with E-state index in [0.717, 1.165) is 18.7 Å². The summed E-state index contributed by atoms with van der Waals surface area (Å²) in [5.74, 6) is -0.795. The zero-order chi connectivity index (χ0) is 15.2. The molecule has 0 aliphatic carbocycles. The Labute approximate surface area is 125 Å². The Morgan fingerprint density at radius 2 is 1.81 bits per heavy atom. The molecule has 0 bridgehead atoms. The normalized spacial score (nSPS) is 15.1. The van der Waals surface area contributed by atoms with Crippen LogP contribution in [0, 0.1) is 0 Å². The van der Waals surface area contributed by atoms with Gasteiger partial charge in [-0.1, -0.05) is 30.3 Å². The van der Waals surface area contributed by atoms with E-state index in [9.17, 15) is 9.59 Å². The lowest BCUT2D eigenvalue weighted by Gasteiger charge is -2.31. The summed E-state index contributed by atoms with van der Waals surface area (Å²) in [7, 11) is 0. The number of hydrogen-bond acceptors (Lipinski definition) is 3. The number of carbonyl (C=O) groups is 2. The second-order valence-corrected chi connectivity index (χ2v) is 5.55. The molecule has 2 rings (SSSR count). The number of nitrogens with zero attached hydrogens (tertiary/aromatic N) is 2. The Hall–Kier alpha value is -1.88. The minimum atomic E-state index is -0.407. The standard InChI is InChI=1S/C16H23N3O2/c1-13(2)19(12-14-6-4-3-5-7-14)16(21)15(20)18-10-8-17-9-11-18/h3-7,13,17H,8-12H2,1-2H3. The third-order valence-corrected chi connectivity index (χ3v) is 3.67. The van der Waals surface area contributed by atoms with Crippen LogP contribution >= 0.6 is 0 Å². The third-order valence-electron chi connectivity index (χ3n) is 3.67. The molecule has 0 unspecified atom stereocenters. The van der Waals surface area contributed by atoms with E-state index >= 15 is 0 Å². The number of nitrogens with one attached hydrogen (secondary N) is 1. The molecular weight excluding hydrogens is 266 g/mol. The maximum Gasteiger partial charge on any atom is 0.312 e. The number of carbonyl (C=O) groups excluding carboxylic acids is 2. The summed E-state index contributed by atoms with van der Waals surface area (Å²) in [6, 6.07) is 9.75. The molecule has 0 aromatic heterocycles. The highest BCUT2D eigenvalue weighted by atomic mass is 16.2. The second-order valence-electron chi connectivity index (χ2n) is 5.55. The van der Waals surface area contributed by atoms with E-state index in [1.165, 1.54) is 0 Å². The maximum absolute atomic E-state index is 12.5. The molecule has 1 heterocycles. The number of benzene rings is 1. The summed E-state index contributed by atoms with van der Waals surface area (Å²) in [5.41, 5.74) is 1.03. The first kappa shape index (κ1) is 15.5. The van der Waals surface area contributed by atoms with Gasteiger partial charge >= 0.3 is 11.8 Å². The number of hydrogen-bond donors (Lipinski definition) is 1. The molecule has 1 aliphatic rings. The van der Waals surface area contributed by atoms with Gasteiger partial charge in [-0.05, 0) is 19.4 Å². The van der Waals surface area contributed by atoms with Crippen LogP contribution < -0.4 is 5.32 Å². The topological polar surface area (TPSA) is 52.7 Å². The second kappa shape index (κ2) is 7.22. The molecule has 2 amide bonds. The summed E-state index contributed by atoms with van der Waals surface area (Å²) in [5, 5.41) is 3.18. The first-order valence-electron chi connectivity index (χ1n) is 7.44. The predicted octanol–water partition coefficient (Wildman–Crippen LogP) is 0.855. The van der Waals surface area contributed by atoms with E-state index in [4.69, 9.17) is 0 Å². The Balaban J connectivity index is 2.06. The fourth-order valence-electron chi connectivity index (χ4n) is 2.40. The molecule has 5 heteroatoms. The summed E-state index contributed by atoms with van der Waals surface area (Å²) in [6.07, 6.45) is 0. The van der Waals surface area contributed by atoms with E-state index < -0.39 is 5.91 Å². The van der Waals surface area contributed by atoms with Gasteiger partial charge in [0.05, 0.1) is 0 Å². The molecule has 21 heavy (non-hydrogen) atoms. The molecule has 1 saturated heterocycles. The Morgan fingerprint density at radius 3 is 2.38 bits per heavy atom. The number of piperazine rings is 1. The van der Waals surface area contributed by atoms with Crippen LogP contribution in [0.3, 0.4) is 0 Å². The minimum absolute atomic E-state index is 0.00966. The van der Waals surface area contributed by atoms with Gasteiger partial charge in [0.25, 0.3) is 0 Å². The fourth-order valence-corrected chi connectivity index (χ4v) is 2.40. The summed E-state index contributed by atoms with van der Waals surface area (Å²) >= 11 is 0. The Kier molecular flexibility index (Phi) is 5.33. The molecule has 1 N–H and O–H groups in total. The van der Waals surface area contributed by atoms with E-state index in [2.05, 4.69) is 5.32 Å². The highest BCUT2D eigenvalue weighted by molar-refractivity contribution is 6.34. The van der Waals surface area contributed by atoms with Crippen molar-refractivity contribution in [2.24, 2.45) is 0 Å². The van der Waals surface area contributed by atoms with Gasteiger partial charge in [-0.2, -0.15) is 0 Å². The van der Waals surface area contributed by atoms with Crippen LogP contribution in [0.25, 0.3) is 0 Å². The smallest absolute Gasteiger partial charge is 0.312 e. The van der Waals surface area contributed by atoms with Crippen molar-refractivity contribution in [2.75, 3.05) is 26.2 Å². The number of rotatable bonds is 3. The van der Waals surface area contributed by atoms with Gasteiger partial charge in [-0.15, -0.1) is 0 Å².